The Kier molecular flexibility index (Phi) is 8.82. The van der Waals surface area contributed by atoms with E-state index in [1.807, 2.05) is 24.3 Å². The van der Waals surface area contributed by atoms with Gasteiger partial charge in [0.1, 0.15) is 18.1 Å². The molecule has 2 atom stereocenters. The first-order valence-corrected chi connectivity index (χ1v) is 9.67. The summed E-state index contributed by atoms with van der Waals surface area (Å²) in [5.41, 5.74) is 2.38. The molecule has 1 N–H and O–H groups in total. The van der Waals surface area contributed by atoms with Crippen molar-refractivity contribution in [2.75, 3.05) is 27.4 Å². The summed E-state index contributed by atoms with van der Waals surface area (Å²) in [6.07, 6.45) is 1.92. The van der Waals surface area contributed by atoms with Crippen molar-refractivity contribution in [1.82, 2.24) is 0 Å². The van der Waals surface area contributed by atoms with Crippen LogP contribution in [0.4, 0.5) is 0 Å². The van der Waals surface area contributed by atoms with Crippen LogP contribution >= 0.6 is 0 Å². The van der Waals surface area contributed by atoms with Gasteiger partial charge in [0.2, 0.25) is 0 Å². The number of hydrogen-bond acceptors (Lipinski definition) is 5. The van der Waals surface area contributed by atoms with Gasteiger partial charge in [0.05, 0.1) is 20.8 Å². The summed E-state index contributed by atoms with van der Waals surface area (Å²) >= 11 is 0. The Morgan fingerprint density at radius 1 is 0.893 bits per heavy atom. The lowest BCUT2D eigenvalue weighted by molar-refractivity contribution is -0.144. The Balaban J connectivity index is 2.26. The van der Waals surface area contributed by atoms with Gasteiger partial charge >= 0.3 is 5.97 Å². The molecule has 0 spiro atoms. The van der Waals surface area contributed by atoms with Crippen LogP contribution in [0.3, 0.4) is 0 Å². The van der Waals surface area contributed by atoms with Gasteiger partial charge in [-0.05, 0) is 60.1 Å². The maximum Gasteiger partial charge on any atom is 0.305 e. The predicted molar refractivity (Wildman–Crippen MR) is 109 cm³/mol. The molecule has 0 aliphatic rings. The number of carbonyl (C=O) groups is 1. The zero-order chi connectivity index (χ0) is 20.4. The van der Waals surface area contributed by atoms with Crippen LogP contribution in [0, 0.1) is 0 Å². The van der Waals surface area contributed by atoms with Crippen LogP contribution in [0.25, 0.3) is 0 Å². The Hall–Kier alpha value is -2.53. The highest BCUT2D eigenvalue weighted by molar-refractivity contribution is 5.69. The lowest BCUT2D eigenvalue weighted by Gasteiger charge is -2.27. The van der Waals surface area contributed by atoms with E-state index >= 15 is 0 Å². The van der Waals surface area contributed by atoms with E-state index in [9.17, 15) is 4.79 Å². The number of aliphatic hydroxyl groups excluding tert-OH is 1. The second-order valence-electron chi connectivity index (χ2n) is 6.65. The fourth-order valence-electron chi connectivity index (χ4n) is 3.56. The summed E-state index contributed by atoms with van der Waals surface area (Å²) in [5.74, 6) is 1.77. The first kappa shape index (κ1) is 21.8. The average molecular weight is 386 g/mol. The molecule has 0 unspecified atom stereocenters. The molecule has 0 amide bonds. The Morgan fingerprint density at radius 3 is 1.82 bits per heavy atom. The number of ether oxygens (including phenoxy) is 3. The maximum atomic E-state index is 12.0. The van der Waals surface area contributed by atoms with E-state index in [0.29, 0.717) is 12.8 Å². The van der Waals surface area contributed by atoms with Crippen molar-refractivity contribution >= 4 is 5.97 Å². The van der Waals surface area contributed by atoms with Gasteiger partial charge in [-0.2, -0.15) is 0 Å². The van der Waals surface area contributed by atoms with Crippen molar-refractivity contribution in [3.8, 4) is 11.5 Å². The van der Waals surface area contributed by atoms with Crippen LogP contribution in [-0.4, -0.2) is 38.5 Å². The normalized spacial score (nSPS) is 12.9. The molecule has 0 aliphatic heterocycles. The van der Waals surface area contributed by atoms with Crippen LogP contribution in [-0.2, 0) is 9.53 Å². The highest BCUT2D eigenvalue weighted by atomic mass is 16.5. The van der Waals surface area contributed by atoms with Crippen molar-refractivity contribution in [3.63, 3.8) is 0 Å². The van der Waals surface area contributed by atoms with Gasteiger partial charge in [-0.15, -0.1) is 0 Å². The lowest BCUT2D eigenvalue weighted by atomic mass is 9.77. The second kappa shape index (κ2) is 11.3. The average Bonchev–Trinajstić information content (AvgIpc) is 2.75. The minimum atomic E-state index is -0.280. The fourth-order valence-corrected chi connectivity index (χ4v) is 3.56. The molecule has 0 saturated heterocycles. The first-order valence-electron chi connectivity index (χ1n) is 9.67. The molecule has 0 aromatic heterocycles. The lowest BCUT2D eigenvalue weighted by Crippen LogP contribution is -2.15. The molecule has 2 aromatic carbocycles. The number of carbonyl (C=O) groups excluding carboxylic acids is 1. The van der Waals surface area contributed by atoms with E-state index in [1.165, 1.54) is 11.1 Å². The summed E-state index contributed by atoms with van der Waals surface area (Å²) < 4.78 is 15.6. The molecule has 0 heterocycles. The SMILES string of the molecule is CC[C@H](c1ccc(OC)cc1)[C@@H](CCC(=O)OCCO)c1ccc(OC)cc1. The molecular formula is C23H30O5. The third kappa shape index (κ3) is 5.99. The summed E-state index contributed by atoms with van der Waals surface area (Å²) in [4.78, 5) is 12.0. The maximum absolute atomic E-state index is 12.0. The number of methoxy groups -OCH3 is 2. The number of aliphatic hydroxyl groups is 1. The minimum absolute atomic E-state index is 0.0434. The molecule has 0 saturated carbocycles. The summed E-state index contributed by atoms with van der Waals surface area (Å²) in [7, 11) is 3.31. The largest absolute Gasteiger partial charge is 0.497 e. The molecule has 2 rings (SSSR count). The van der Waals surface area contributed by atoms with Crippen LogP contribution in [0.5, 0.6) is 11.5 Å². The Bertz CT molecular complexity index is 709. The highest BCUT2D eigenvalue weighted by Crippen LogP contribution is 2.39. The van der Waals surface area contributed by atoms with E-state index < -0.39 is 0 Å². The summed E-state index contributed by atoms with van der Waals surface area (Å²) in [5, 5.41) is 8.84. The molecular weight excluding hydrogens is 356 g/mol. The van der Waals surface area contributed by atoms with Gasteiger partial charge in [0, 0.05) is 6.42 Å². The zero-order valence-corrected chi connectivity index (χ0v) is 16.9. The molecule has 0 fully saturated rings. The van der Waals surface area contributed by atoms with Gasteiger partial charge in [-0.1, -0.05) is 31.2 Å². The zero-order valence-electron chi connectivity index (χ0n) is 16.9. The molecule has 0 bridgehead atoms. The van der Waals surface area contributed by atoms with E-state index in [1.54, 1.807) is 14.2 Å². The van der Waals surface area contributed by atoms with Crippen LogP contribution < -0.4 is 9.47 Å². The van der Waals surface area contributed by atoms with Crippen molar-refractivity contribution in [2.45, 2.75) is 38.0 Å². The third-order valence-corrected chi connectivity index (χ3v) is 5.03. The van der Waals surface area contributed by atoms with Gasteiger partial charge in [-0.25, -0.2) is 0 Å². The topological polar surface area (TPSA) is 65.0 Å². The number of esters is 1. The Labute approximate surface area is 167 Å². The molecule has 152 valence electrons. The summed E-state index contributed by atoms with van der Waals surface area (Å²) in [6.45, 7) is 2.05. The molecule has 0 aliphatic carbocycles. The number of rotatable bonds is 11. The highest BCUT2D eigenvalue weighted by Gasteiger charge is 2.25. The summed E-state index contributed by atoms with van der Waals surface area (Å²) in [6, 6.07) is 16.2. The molecule has 2 aromatic rings. The molecule has 28 heavy (non-hydrogen) atoms. The van der Waals surface area contributed by atoms with Crippen molar-refractivity contribution in [1.29, 1.82) is 0 Å². The van der Waals surface area contributed by atoms with Crippen molar-refractivity contribution in [3.05, 3.63) is 59.7 Å². The minimum Gasteiger partial charge on any atom is -0.497 e. The van der Waals surface area contributed by atoms with Crippen LogP contribution in [0.2, 0.25) is 0 Å². The standard InChI is InChI=1S/C23H30O5/c1-4-21(17-5-9-19(26-2)10-6-17)22(13-14-23(25)28-16-15-24)18-7-11-20(27-3)12-8-18/h5-12,21-22,24H,4,13-16H2,1-3H3/t21-,22+/m1/s1. The second-order valence-corrected chi connectivity index (χ2v) is 6.65. The van der Waals surface area contributed by atoms with Crippen molar-refractivity contribution < 1.29 is 24.1 Å². The first-order chi connectivity index (χ1) is 13.6. The molecule has 5 heteroatoms. The molecule has 0 radical (unpaired) electrons. The number of benzene rings is 2. The van der Waals surface area contributed by atoms with E-state index in [2.05, 4.69) is 31.2 Å². The van der Waals surface area contributed by atoms with Crippen molar-refractivity contribution in [2.24, 2.45) is 0 Å². The van der Waals surface area contributed by atoms with E-state index in [-0.39, 0.29) is 31.0 Å². The fraction of sp³-hybridized carbons (Fsp3) is 0.435. The van der Waals surface area contributed by atoms with Crippen LogP contribution in [0.15, 0.2) is 48.5 Å². The van der Waals surface area contributed by atoms with Gasteiger partial charge < -0.3 is 19.3 Å². The monoisotopic (exact) mass is 386 g/mol. The van der Waals surface area contributed by atoms with E-state index in [0.717, 1.165) is 17.9 Å². The predicted octanol–water partition coefficient (Wildman–Crippen LogP) is 4.30. The smallest absolute Gasteiger partial charge is 0.305 e. The van der Waals surface area contributed by atoms with Gasteiger partial charge in [-0.3, -0.25) is 4.79 Å². The number of hydrogen-bond donors (Lipinski definition) is 1. The quantitative estimate of drug-likeness (QED) is 0.584. The third-order valence-electron chi connectivity index (χ3n) is 5.03. The van der Waals surface area contributed by atoms with Gasteiger partial charge in [0.25, 0.3) is 0 Å². The molecule has 5 nitrogen and oxygen atoms in total. The van der Waals surface area contributed by atoms with Gasteiger partial charge in [0.15, 0.2) is 0 Å². The Morgan fingerprint density at radius 2 is 1.39 bits per heavy atom. The van der Waals surface area contributed by atoms with E-state index in [4.69, 9.17) is 19.3 Å². The van der Waals surface area contributed by atoms with Crippen LogP contribution in [0.1, 0.15) is 49.1 Å².